The molecule has 31 heavy (non-hydrogen) atoms. The highest BCUT2D eigenvalue weighted by molar-refractivity contribution is 5.92. The highest BCUT2D eigenvalue weighted by Crippen LogP contribution is 2.39. The topological polar surface area (TPSA) is 59.4 Å². The van der Waals surface area contributed by atoms with E-state index >= 15 is 0 Å². The third-order valence-electron chi connectivity index (χ3n) is 6.87. The number of hydrogen-bond donors (Lipinski definition) is 1. The van der Waals surface area contributed by atoms with Crippen LogP contribution in [-0.4, -0.2) is 51.9 Å². The molecule has 1 atom stereocenters. The lowest BCUT2D eigenvalue weighted by Crippen LogP contribution is -2.44. The molecule has 0 bridgehead atoms. The Kier molecular flexibility index (Phi) is 5.50. The first kappa shape index (κ1) is 20.2. The fourth-order valence-electron chi connectivity index (χ4n) is 5.01. The molecular weight excluding hydrogens is 388 g/mol. The van der Waals surface area contributed by atoms with Crippen LogP contribution < -0.4 is 5.32 Å². The molecule has 3 aromatic rings. The second-order valence-electron chi connectivity index (χ2n) is 8.97. The largest absolute Gasteiger partial charge is 0.370 e. The molecule has 5 rings (SSSR count). The van der Waals surface area contributed by atoms with E-state index in [2.05, 4.69) is 57.8 Å². The standard InChI is InChI=1S/C25H30N4O2/c1-28-23(9-13-27-28)24(30)26-17-22-8-10-25(31-22)11-14-29(15-12-25)18-19-6-7-20-4-2-3-5-21(20)16-19/h2-7,9,13,16,22H,8,10-12,14-15,17-18H2,1H3,(H,26,30). The van der Waals surface area contributed by atoms with Gasteiger partial charge in [0.15, 0.2) is 0 Å². The van der Waals surface area contributed by atoms with Crippen molar-refractivity contribution in [1.29, 1.82) is 0 Å². The van der Waals surface area contributed by atoms with Crippen LogP contribution >= 0.6 is 0 Å². The molecule has 2 aliphatic heterocycles. The summed E-state index contributed by atoms with van der Waals surface area (Å²) >= 11 is 0. The number of piperidine rings is 1. The van der Waals surface area contributed by atoms with Crippen molar-refractivity contribution in [2.24, 2.45) is 7.05 Å². The summed E-state index contributed by atoms with van der Waals surface area (Å²) in [6, 6.07) is 17.1. The number of rotatable bonds is 5. The van der Waals surface area contributed by atoms with E-state index in [1.807, 2.05) is 0 Å². The summed E-state index contributed by atoms with van der Waals surface area (Å²) in [5, 5.41) is 9.67. The average molecular weight is 419 g/mol. The summed E-state index contributed by atoms with van der Waals surface area (Å²) in [6.45, 7) is 3.67. The molecule has 3 heterocycles. The van der Waals surface area contributed by atoms with E-state index in [1.54, 1.807) is 24.0 Å². The Labute approximate surface area is 183 Å². The average Bonchev–Trinajstić information content (AvgIpc) is 3.40. The highest BCUT2D eigenvalue weighted by Gasteiger charge is 2.42. The molecule has 2 fully saturated rings. The normalized spacial score (nSPS) is 21.0. The number of carbonyl (C=O) groups excluding carboxylic acids is 1. The maximum absolute atomic E-state index is 12.3. The van der Waals surface area contributed by atoms with Crippen LogP contribution in [-0.2, 0) is 18.3 Å². The first-order valence-corrected chi connectivity index (χ1v) is 11.2. The predicted octanol–water partition coefficient (Wildman–Crippen LogP) is 3.52. The second-order valence-corrected chi connectivity index (χ2v) is 8.97. The zero-order valence-electron chi connectivity index (χ0n) is 18.1. The Morgan fingerprint density at radius 2 is 1.94 bits per heavy atom. The molecule has 2 aliphatic rings. The van der Waals surface area contributed by atoms with E-state index in [4.69, 9.17) is 4.74 Å². The lowest BCUT2D eigenvalue weighted by atomic mass is 9.88. The van der Waals surface area contributed by atoms with Crippen molar-refractivity contribution in [3.05, 3.63) is 66.0 Å². The van der Waals surface area contributed by atoms with E-state index in [0.29, 0.717) is 12.2 Å². The van der Waals surface area contributed by atoms with Crippen LogP contribution in [0, 0.1) is 0 Å². The van der Waals surface area contributed by atoms with Gasteiger partial charge >= 0.3 is 0 Å². The van der Waals surface area contributed by atoms with Gasteiger partial charge in [-0.1, -0.05) is 36.4 Å². The van der Waals surface area contributed by atoms with Crippen molar-refractivity contribution < 1.29 is 9.53 Å². The minimum absolute atomic E-state index is 0.0121. The number of benzene rings is 2. The number of hydrogen-bond acceptors (Lipinski definition) is 4. The van der Waals surface area contributed by atoms with Gasteiger partial charge in [-0.3, -0.25) is 14.4 Å². The molecule has 0 aliphatic carbocycles. The minimum atomic E-state index is -0.0882. The first-order chi connectivity index (χ1) is 15.1. The Hall–Kier alpha value is -2.70. The number of aryl methyl sites for hydroxylation is 1. The SMILES string of the molecule is Cn1nccc1C(=O)NCC1CCC2(CCN(Cc3ccc4ccccc4c3)CC2)O1. The number of nitrogens with zero attached hydrogens (tertiary/aromatic N) is 3. The van der Waals surface area contributed by atoms with E-state index in [-0.39, 0.29) is 17.6 Å². The molecule has 0 radical (unpaired) electrons. The molecule has 1 spiro atoms. The number of nitrogens with one attached hydrogen (secondary N) is 1. The van der Waals surface area contributed by atoms with Gasteiger partial charge in [0.25, 0.3) is 5.91 Å². The van der Waals surface area contributed by atoms with Crippen molar-refractivity contribution in [3.8, 4) is 0 Å². The highest BCUT2D eigenvalue weighted by atomic mass is 16.5. The molecule has 162 valence electrons. The van der Waals surface area contributed by atoms with Crippen LogP contribution in [0.2, 0.25) is 0 Å². The molecule has 6 nitrogen and oxygen atoms in total. The van der Waals surface area contributed by atoms with Crippen molar-refractivity contribution in [2.45, 2.75) is 43.9 Å². The fourth-order valence-corrected chi connectivity index (χ4v) is 5.01. The summed E-state index contributed by atoms with van der Waals surface area (Å²) in [5.74, 6) is -0.0882. The molecule has 6 heteroatoms. The molecule has 1 amide bonds. The monoisotopic (exact) mass is 418 g/mol. The number of carbonyl (C=O) groups is 1. The van der Waals surface area contributed by atoms with Gasteiger partial charge in [0.1, 0.15) is 5.69 Å². The van der Waals surface area contributed by atoms with Crippen LogP contribution in [0.4, 0.5) is 0 Å². The van der Waals surface area contributed by atoms with E-state index < -0.39 is 0 Å². The van der Waals surface area contributed by atoms with Crippen molar-refractivity contribution in [3.63, 3.8) is 0 Å². The number of likely N-dealkylation sites (tertiary alicyclic amines) is 1. The minimum Gasteiger partial charge on any atom is -0.370 e. The zero-order chi connectivity index (χ0) is 21.3. The molecule has 1 unspecified atom stereocenters. The Bertz CT molecular complexity index is 1070. The number of fused-ring (bicyclic) bond motifs is 1. The van der Waals surface area contributed by atoms with Gasteiger partial charge in [-0.2, -0.15) is 5.10 Å². The molecule has 0 saturated carbocycles. The maximum Gasteiger partial charge on any atom is 0.269 e. The predicted molar refractivity (Wildman–Crippen MR) is 121 cm³/mol. The van der Waals surface area contributed by atoms with Crippen molar-refractivity contribution in [1.82, 2.24) is 20.0 Å². The molecular formula is C25H30N4O2. The van der Waals surface area contributed by atoms with E-state index in [1.165, 1.54) is 16.3 Å². The van der Waals surface area contributed by atoms with Gasteiger partial charge in [0.2, 0.25) is 0 Å². The third-order valence-corrected chi connectivity index (χ3v) is 6.87. The van der Waals surface area contributed by atoms with E-state index in [0.717, 1.165) is 45.3 Å². The van der Waals surface area contributed by atoms with Crippen molar-refractivity contribution in [2.75, 3.05) is 19.6 Å². The fraction of sp³-hybridized carbons (Fsp3) is 0.440. The summed E-state index contributed by atoms with van der Waals surface area (Å²) < 4.78 is 8.08. The van der Waals surface area contributed by atoms with Gasteiger partial charge in [0.05, 0.1) is 11.7 Å². The van der Waals surface area contributed by atoms with Crippen LogP contribution in [0.25, 0.3) is 10.8 Å². The number of amides is 1. The molecule has 2 saturated heterocycles. The smallest absolute Gasteiger partial charge is 0.269 e. The molecule has 2 aromatic carbocycles. The summed E-state index contributed by atoms with van der Waals surface area (Å²) in [5.41, 5.74) is 1.94. The Balaban J connectivity index is 1.11. The summed E-state index contributed by atoms with van der Waals surface area (Å²) in [6.07, 6.45) is 5.96. The van der Waals surface area contributed by atoms with Crippen LogP contribution in [0.1, 0.15) is 41.7 Å². The van der Waals surface area contributed by atoms with Gasteiger partial charge in [-0.15, -0.1) is 0 Å². The Morgan fingerprint density at radius 3 is 2.71 bits per heavy atom. The van der Waals surface area contributed by atoms with Gasteiger partial charge in [-0.25, -0.2) is 0 Å². The number of ether oxygens (including phenoxy) is 1. The molecule has 1 aromatic heterocycles. The maximum atomic E-state index is 12.3. The second kappa shape index (κ2) is 8.44. The van der Waals surface area contributed by atoms with Crippen LogP contribution in [0.3, 0.4) is 0 Å². The van der Waals surface area contributed by atoms with Gasteiger partial charge in [-0.05, 0) is 54.2 Å². The zero-order valence-corrected chi connectivity index (χ0v) is 18.1. The Morgan fingerprint density at radius 1 is 1.13 bits per heavy atom. The van der Waals surface area contributed by atoms with Crippen LogP contribution in [0.15, 0.2) is 54.7 Å². The van der Waals surface area contributed by atoms with Crippen LogP contribution in [0.5, 0.6) is 0 Å². The quantitative estimate of drug-likeness (QED) is 0.689. The van der Waals surface area contributed by atoms with Gasteiger partial charge < -0.3 is 10.1 Å². The molecule has 1 N–H and O–H groups in total. The summed E-state index contributed by atoms with van der Waals surface area (Å²) in [7, 11) is 1.78. The van der Waals surface area contributed by atoms with E-state index in [9.17, 15) is 4.79 Å². The van der Waals surface area contributed by atoms with Gasteiger partial charge in [0, 0.05) is 39.4 Å². The lowest BCUT2D eigenvalue weighted by Gasteiger charge is -2.39. The summed E-state index contributed by atoms with van der Waals surface area (Å²) in [4.78, 5) is 14.9. The van der Waals surface area contributed by atoms with Crippen molar-refractivity contribution >= 4 is 16.7 Å². The third kappa shape index (κ3) is 4.36. The first-order valence-electron chi connectivity index (χ1n) is 11.2. The number of aromatic nitrogens is 2. The lowest BCUT2D eigenvalue weighted by molar-refractivity contribution is -0.0764.